The maximum absolute atomic E-state index is 11.3. The van der Waals surface area contributed by atoms with Crippen molar-refractivity contribution in [2.45, 2.75) is 30.7 Å². The van der Waals surface area contributed by atoms with Crippen molar-refractivity contribution in [1.29, 1.82) is 0 Å². The number of aliphatic carboxylic acids is 1. The van der Waals surface area contributed by atoms with Gasteiger partial charge in [-0.3, -0.25) is 4.79 Å². The van der Waals surface area contributed by atoms with Crippen molar-refractivity contribution < 1.29 is 23.1 Å². The topological polar surface area (TPSA) is 92.7 Å². The van der Waals surface area contributed by atoms with Crippen molar-refractivity contribution in [3.8, 4) is 5.75 Å². The summed E-state index contributed by atoms with van der Waals surface area (Å²) in [5.41, 5.74) is -1.04. The van der Waals surface area contributed by atoms with E-state index in [4.69, 9.17) is 4.74 Å². The number of carboxylic acids is 1. The van der Waals surface area contributed by atoms with Gasteiger partial charge in [0, 0.05) is 12.7 Å². The van der Waals surface area contributed by atoms with E-state index in [1.165, 1.54) is 12.1 Å². The van der Waals surface area contributed by atoms with Gasteiger partial charge in [-0.1, -0.05) is 6.92 Å². The van der Waals surface area contributed by atoms with Crippen LogP contribution in [0.4, 0.5) is 0 Å². The lowest BCUT2D eigenvalue weighted by atomic mass is 9.98. The van der Waals surface area contributed by atoms with E-state index in [1.54, 1.807) is 19.1 Å². The third-order valence-corrected chi connectivity index (χ3v) is 4.29. The zero-order chi connectivity index (χ0) is 16.1. The van der Waals surface area contributed by atoms with E-state index in [2.05, 4.69) is 5.32 Å². The van der Waals surface area contributed by atoms with Gasteiger partial charge in [0.1, 0.15) is 11.3 Å². The van der Waals surface area contributed by atoms with Crippen molar-refractivity contribution >= 4 is 15.8 Å². The molecule has 1 aromatic carbocycles. The van der Waals surface area contributed by atoms with Crippen LogP contribution in [0.1, 0.15) is 20.3 Å². The molecule has 118 valence electrons. The van der Waals surface area contributed by atoms with Crippen LogP contribution in [0.2, 0.25) is 0 Å². The molecule has 0 heterocycles. The largest absolute Gasteiger partial charge is 0.494 e. The van der Waals surface area contributed by atoms with E-state index < -0.39 is 21.3 Å². The van der Waals surface area contributed by atoms with Gasteiger partial charge in [0.2, 0.25) is 0 Å². The van der Waals surface area contributed by atoms with E-state index in [0.717, 1.165) is 6.26 Å². The quantitative estimate of drug-likeness (QED) is 0.751. The Morgan fingerprint density at radius 1 is 1.33 bits per heavy atom. The molecule has 2 N–H and O–H groups in total. The number of carbonyl (C=O) groups is 1. The average molecular weight is 315 g/mol. The molecule has 0 saturated carbocycles. The smallest absolute Gasteiger partial charge is 0.323 e. The molecule has 7 heteroatoms. The number of benzene rings is 1. The van der Waals surface area contributed by atoms with Crippen LogP contribution >= 0.6 is 0 Å². The molecule has 0 aliphatic heterocycles. The summed E-state index contributed by atoms with van der Waals surface area (Å²) < 4.78 is 28.1. The second-order valence-electron chi connectivity index (χ2n) is 5.01. The molecule has 6 nitrogen and oxygen atoms in total. The summed E-state index contributed by atoms with van der Waals surface area (Å²) in [6.07, 6.45) is 1.43. The fourth-order valence-corrected chi connectivity index (χ4v) is 2.45. The van der Waals surface area contributed by atoms with Crippen LogP contribution in [-0.4, -0.2) is 44.4 Å². The Kier molecular flexibility index (Phi) is 5.74. The molecular formula is C14H21NO5S. The van der Waals surface area contributed by atoms with Gasteiger partial charge in [-0.05, 0) is 37.7 Å². The molecule has 1 atom stereocenters. The summed E-state index contributed by atoms with van der Waals surface area (Å²) in [4.78, 5) is 11.4. The van der Waals surface area contributed by atoms with E-state index in [9.17, 15) is 18.3 Å². The molecule has 0 aliphatic rings. The normalized spacial score (nSPS) is 14.4. The summed E-state index contributed by atoms with van der Waals surface area (Å²) >= 11 is 0. The Bertz CT molecular complexity index is 582. The second kappa shape index (κ2) is 6.91. The van der Waals surface area contributed by atoms with Gasteiger partial charge in [0.25, 0.3) is 0 Å². The number of sulfone groups is 1. The van der Waals surface area contributed by atoms with Gasteiger partial charge in [0.05, 0.1) is 11.5 Å². The molecule has 0 bridgehead atoms. The highest BCUT2D eigenvalue weighted by atomic mass is 32.2. The minimum Gasteiger partial charge on any atom is -0.494 e. The first-order valence-electron chi connectivity index (χ1n) is 6.60. The zero-order valence-corrected chi connectivity index (χ0v) is 13.2. The van der Waals surface area contributed by atoms with E-state index in [0.29, 0.717) is 18.7 Å². The van der Waals surface area contributed by atoms with Crippen molar-refractivity contribution in [2.75, 3.05) is 19.4 Å². The van der Waals surface area contributed by atoms with Gasteiger partial charge in [-0.15, -0.1) is 0 Å². The van der Waals surface area contributed by atoms with Crippen LogP contribution in [0.15, 0.2) is 29.2 Å². The third-order valence-electron chi connectivity index (χ3n) is 3.16. The number of nitrogens with one attached hydrogen (secondary N) is 1. The van der Waals surface area contributed by atoms with E-state index in [-0.39, 0.29) is 11.5 Å². The number of rotatable bonds is 8. The monoisotopic (exact) mass is 315 g/mol. The number of ether oxygens (including phenoxy) is 1. The third kappa shape index (κ3) is 5.02. The molecule has 0 aromatic heterocycles. The predicted molar refractivity (Wildman–Crippen MR) is 79.4 cm³/mol. The summed E-state index contributed by atoms with van der Waals surface area (Å²) in [7, 11) is -3.23. The molecule has 1 rings (SSSR count). The van der Waals surface area contributed by atoms with Crippen molar-refractivity contribution in [3.05, 3.63) is 24.3 Å². The predicted octanol–water partition coefficient (Wildman–Crippen LogP) is 1.31. The first kappa shape index (κ1) is 17.5. The van der Waals surface area contributed by atoms with Gasteiger partial charge < -0.3 is 15.2 Å². The lowest BCUT2D eigenvalue weighted by Crippen LogP contribution is -2.50. The van der Waals surface area contributed by atoms with E-state index >= 15 is 0 Å². The Morgan fingerprint density at radius 3 is 2.33 bits per heavy atom. The highest BCUT2D eigenvalue weighted by Crippen LogP contribution is 2.17. The lowest BCUT2D eigenvalue weighted by Gasteiger charge is -2.25. The van der Waals surface area contributed by atoms with Crippen molar-refractivity contribution in [3.63, 3.8) is 0 Å². The van der Waals surface area contributed by atoms with Gasteiger partial charge in [-0.2, -0.15) is 0 Å². The van der Waals surface area contributed by atoms with Gasteiger partial charge >= 0.3 is 5.97 Å². The molecule has 0 saturated heterocycles. The molecule has 1 unspecified atom stereocenters. The Morgan fingerprint density at radius 2 is 1.90 bits per heavy atom. The molecule has 0 radical (unpaired) electrons. The van der Waals surface area contributed by atoms with E-state index in [1.807, 2.05) is 6.92 Å². The molecule has 0 amide bonds. The van der Waals surface area contributed by atoms with Crippen LogP contribution in [0.25, 0.3) is 0 Å². The summed E-state index contributed by atoms with van der Waals surface area (Å²) in [5.74, 6) is -0.424. The Hall–Kier alpha value is -1.60. The van der Waals surface area contributed by atoms with Gasteiger partial charge in [-0.25, -0.2) is 8.42 Å². The van der Waals surface area contributed by atoms with Crippen molar-refractivity contribution in [1.82, 2.24) is 5.32 Å². The zero-order valence-electron chi connectivity index (χ0n) is 12.4. The van der Waals surface area contributed by atoms with Crippen LogP contribution in [-0.2, 0) is 14.6 Å². The molecule has 0 aliphatic carbocycles. The fourth-order valence-electron chi connectivity index (χ4n) is 1.82. The molecule has 0 spiro atoms. The van der Waals surface area contributed by atoms with Crippen LogP contribution < -0.4 is 10.1 Å². The van der Waals surface area contributed by atoms with Crippen LogP contribution in [0.5, 0.6) is 5.75 Å². The SMILES string of the molecule is CCNC(C)(CCOc1ccc(S(C)(=O)=O)cc1)C(=O)O. The first-order chi connectivity index (χ1) is 9.69. The summed E-state index contributed by atoms with van der Waals surface area (Å²) in [6.45, 7) is 4.21. The average Bonchev–Trinajstić information content (AvgIpc) is 2.38. The van der Waals surface area contributed by atoms with Crippen LogP contribution in [0.3, 0.4) is 0 Å². The maximum Gasteiger partial charge on any atom is 0.323 e. The van der Waals surface area contributed by atoms with Crippen molar-refractivity contribution in [2.24, 2.45) is 0 Å². The standard InChI is InChI=1S/C14H21NO5S/c1-4-15-14(2,13(16)17)9-10-20-11-5-7-12(8-6-11)21(3,18)19/h5-8,15H,4,9-10H2,1-3H3,(H,16,17). The molecule has 21 heavy (non-hydrogen) atoms. The summed E-state index contributed by atoms with van der Waals surface area (Å²) in [6, 6.07) is 6.04. The highest BCUT2D eigenvalue weighted by molar-refractivity contribution is 7.90. The minimum atomic E-state index is -3.23. The fraction of sp³-hybridized carbons (Fsp3) is 0.500. The number of carboxylic acid groups (broad SMARTS) is 1. The Balaban J connectivity index is 2.62. The number of hydrogen-bond donors (Lipinski definition) is 2. The number of likely N-dealkylation sites (N-methyl/N-ethyl adjacent to an activating group) is 1. The minimum absolute atomic E-state index is 0.216. The number of hydrogen-bond acceptors (Lipinski definition) is 5. The molecule has 1 aromatic rings. The lowest BCUT2D eigenvalue weighted by molar-refractivity contribution is -0.144. The maximum atomic E-state index is 11.3. The Labute approximate surface area is 125 Å². The second-order valence-corrected chi connectivity index (χ2v) is 7.03. The molecular weight excluding hydrogens is 294 g/mol. The molecule has 0 fully saturated rings. The highest BCUT2D eigenvalue weighted by Gasteiger charge is 2.31. The van der Waals surface area contributed by atoms with Crippen LogP contribution in [0, 0.1) is 0 Å². The van der Waals surface area contributed by atoms with Gasteiger partial charge in [0.15, 0.2) is 9.84 Å². The summed E-state index contributed by atoms with van der Waals surface area (Å²) in [5, 5.41) is 12.1. The first-order valence-corrected chi connectivity index (χ1v) is 8.49.